The van der Waals surface area contributed by atoms with Crippen molar-refractivity contribution in [3.8, 4) is 0 Å². The van der Waals surface area contributed by atoms with Crippen LogP contribution in [-0.2, 0) is 6.54 Å². The molecule has 0 saturated carbocycles. The standard InChI is InChI=1S/C11H16ClN3/c1-9-7-15(6-3-10(9)12)8-11-13-4-2-5-14-11/h2,4-5,9-10H,3,6-8H2,1H3. The first-order valence-corrected chi connectivity index (χ1v) is 5.81. The molecule has 1 saturated heterocycles. The van der Waals surface area contributed by atoms with Crippen molar-refractivity contribution in [2.45, 2.75) is 25.3 Å². The van der Waals surface area contributed by atoms with Crippen molar-refractivity contribution in [2.24, 2.45) is 5.92 Å². The van der Waals surface area contributed by atoms with Crippen molar-refractivity contribution < 1.29 is 0 Å². The second-order valence-electron chi connectivity index (χ2n) is 4.18. The van der Waals surface area contributed by atoms with Crippen LogP contribution in [0.25, 0.3) is 0 Å². The van der Waals surface area contributed by atoms with E-state index in [1.54, 1.807) is 12.4 Å². The molecular weight excluding hydrogens is 210 g/mol. The lowest BCUT2D eigenvalue weighted by molar-refractivity contribution is 0.176. The topological polar surface area (TPSA) is 29.0 Å². The van der Waals surface area contributed by atoms with Crippen LogP contribution in [0, 0.1) is 5.92 Å². The molecule has 2 heterocycles. The molecule has 1 fully saturated rings. The maximum atomic E-state index is 6.18. The van der Waals surface area contributed by atoms with Crippen LogP contribution in [0.15, 0.2) is 18.5 Å². The smallest absolute Gasteiger partial charge is 0.142 e. The molecule has 0 bridgehead atoms. The predicted octanol–water partition coefficient (Wildman–Crippen LogP) is 1.93. The fraction of sp³-hybridized carbons (Fsp3) is 0.636. The minimum absolute atomic E-state index is 0.331. The van der Waals surface area contributed by atoms with Crippen molar-refractivity contribution in [1.82, 2.24) is 14.9 Å². The maximum absolute atomic E-state index is 6.18. The van der Waals surface area contributed by atoms with Crippen molar-refractivity contribution >= 4 is 11.6 Å². The number of likely N-dealkylation sites (tertiary alicyclic amines) is 1. The predicted molar refractivity (Wildman–Crippen MR) is 60.7 cm³/mol. The SMILES string of the molecule is CC1CN(Cc2ncccn2)CCC1Cl. The van der Waals surface area contributed by atoms with Gasteiger partial charge in [0.15, 0.2) is 0 Å². The normalized spacial score (nSPS) is 27.9. The number of halogens is 1. The second kappa shape index (κ2) is 4.90. The average Bonchev–Trinajstić information content (AvgIpc) is 2.25. The Labute approximate surface area is 95.5 Å². The Bertz CT molecular complexity index is 304. The molecule has 2 atom stereocenters. The van der Waals surface area contributed by atoms with E-state index < -0.39 is 0 Å². The van der Waals surface area contributed by atoms with Gasteiger partial charge in [-0.1, -0.05) is 6.92 Å². The summed E-state index contributed by atoms with van der Waals surface area (Å²) in [6.07, 6.45) is 4.65. The zero-order valence-electron chi connectivity index (χ0n) is 8.93. The number of nitrogens with zero attached hydrogens (tertiary/aromatic N) is 3. The van der Waals surface area contributed by atoms with Gasteiger partial charge in [0.05, 0.1) is 6.54 Å². The number of hydrogen-bond acceptors (Lipinski definition) is 3. The highest BCUT2D eigenvalue weighted by Gasteiger charge is 2.24. The van der Waals surface area contributed by atoms with E-state index in [1.165, 1.54) is 0 Å². The van der Waals surface area contributed by atoms with Gasteiger partial charge in [-0.15, -0.1) is 11.6 Å². The largest absolute Gasteiger partial charge is 0.296 e. The summed E-state index contributed by atoms with van der Waals surface area (Å²) in [7, 11) is 0. The van der Waals surface area contributed by atoms with Crippen LogP contribution < -0.4 is 0 Å². The molecule has 0 amide bonds. The molecule has 4 heteroatoms. The Kier molecular flexibility index (Phi) is 3.54. The van der Waals surface area contributed by atoms with E-state index in [2.05, 4.69) is 21.8 Å². The van der Waals surface area contributed by atoms with Crippen molar-refractivity contribution in [3.05, 3.63) is 24.3 Å². The first-order chi connectivity index (χ1) is 7.25. The third kappa shape index (κ3) is 2.89. The van der Waals surface area contributed by atoms with Gasteiger partial charge in [0.1, 0.15) is 5.82 Å². The molecule has 0 aromatic carbocycles. The maximum Gasteiger partial charge on any atom is 0.142 e. The third-order valence-corrected chi connectivity index (χ3v) is 3.52. The summed E-state index contributed by atoms with van der Waals surface area (Å²) >= 11 is 6.18. The van der Waals surface area contributed by atoms with Crippen LogP contribution in [0.5, 0.6) is 0 Å². The van der Waals surface area contributed by atoms with Gasteiger partial charge in [-0.05, 0) is 18.4 Å². The van der Waals surface area contributed by atoms with Crippen LogP contribution in [0.1, 0.15) is 19.2 Å². The van der Waals surface area contributed by atoms with Gasteiger partial charge in [0, 0.05) is 30.9 Å². The molecule has 1 aromatic rings. The lowest BCUT2D eigenvalue weighted by Crippen LogP contribution is -2.39. The molecule has 1 aromatic heterocycles. The minimum atomic E-state index is 0.331. The molecule has 1 aliphatic heterocycles. The lowest BCUT2D eigenvalue weighted by atomic mass is 10.00. The van der Waals surface area contributed by atoms with Crippen LogP contribution >= 0.6 is 11.6 Å². The molecule has 0 N–H and O–H groups in total. The van der Waals surface area contributed by atoms with Crippen LogP contribution in [0.3, 0.4) is 0 Å². The van der Waals surface area contributed by atoms with E-state index in [1.807, 2.05) is 6.07 Å². The molecule has 0 radical (unpaired) electrons. The van der Waals surface area contributed by atoms with Gasteiger partial charge in [-0.2, -0.15) is 0 Å². The average molecular weight is 226 g/mol. The fourth-order valence-electron chi connectivity index (χ4n) is 1.96. The van der Waals surface area contributed by atoms with E-state index in [0.29, 0.717) is 11.3 Å². The van der Waals surface area contributed by atoms with Gasteiger partial charge in [0.25, 0.3) is 0 Å². The van der Waals surface area contributed by atoms with E-state index in [4.69, 9.17) is 11.6 Å². The lowest BCUT2D eigenvalue weighted by Gasteiger charge is -2.33. The highest BCUT2D eigenvalue weighted by Crippen LogP contribution is 2.22. The Morgan fingerprint density at radius 1 is 1.47 bits per heavy atom. The highest BCUT2D eigenvalue weighted by molar-refractivity contribution is 6.20. The minimum Gasteiger partial charge on any atom is -0.296 e. The monoisotopic (exact) mass is 225 g/mol. The number of hydrogen-bond donors (Lipinski definition) is 0. The van der Waals surface area contributed by atoms with Gasteiger partial charge in [-0.3, -0.25) is 4.90 Å². The molecule has 2 rings (SSSR count). The van der Waals surface area contributed by atoms with Crippen LogP contribution in [-0.4, -0.2) is 33.3 Å². The number of alkyl halides is 1. The zero-order valence-corrected chi connectivity index (χ0v) is 9.69. The Morgan fingerprint density at radius 2 is 2.20 bits per heavy atom. The molecule has 1 aliphatic rings. The Morgan fingerprint density at radius 3 is 2.87 bits per heavy atom. The number of rotatable bonds is 2. The van der Waals surface area contributed by atoms with Gasteiger partial charge >= 0.3 is 0 Å². The molecule has 3 nitrogen and oxygen atoms in total. The Balaban J connectivity index is 1.91. The summed E-state index contributed by atoms with van der Waals surface area (Å²) in [6.45, 7) is 5.15. The van der Waals surface area contributed by atoms with Gasteiger partial charge in [-0.25, -0.2) is 9.97 Å². The van der Waals surface area contributed by atoms with Crippen molar-refractivity contribution in [1.29, 1.82) is 0 Å². The van der Waals surface area contributed by atoms with Crippen LogP contribution in [0.4, 0.5) is 0 Å². The zero-order chi connectivity index (χ0) is 10.7. The number of aromatic nitrogens is 2. The summed E-state index contributed by atoms with van der Waals surface area (Å²) in [6, 6.07) is 1.84. The molecule has 0 spiro atoms. The summed E-state index contributed by atoms with van der Waals surface area (Å²) in [5.74, 6) is 1.46. The molecule has 15 heavy (non-hydrogen) atoms. The summed E-state index contributed by atoms with van der Waals surface area (Å²) in [5, 5.41) is 0.331. The third-order valence-electron chi connectivity index (χ3n) is 2.87. The molecule has 82 valence electrons. The fourth-order valence-corrected chi connectivity index (χ4v) is 2.14. The summed E-state index contributed by atoms with van der Waals surface area (Å²) in [4.78, 5) is 10.8. The van der Waals surface area contributed by atoms with Crippen molar-refractivity contribution in [3.63, 3.8) is 0 Å². The molecular formula is C11H16ClN3. The van der Waals surface area contributed by atoms with Gasteiger partial charge < -0.3 is 0 Å². The van der Waals surface area contributed by atoms with Crippen LogP contribution in [0.2, 0.25) is 0 Å². The van der Waals surface area contributed by atoms with E-state index in [0.717, 1.165) is 31.9 Å². The molecule has 2 unspecified atom stereocenters. The number of piperidine rings is 1. The van der Waals surface area contributed by atoms with E-state index >= 15 is 0 Å². The molecule has 0 aliphatic carbocycles. The second-order valence-corrected chi connectivity index (χ2v) is 4.74. The Hall–Kier alpha value is -0.670. The summed E-state index contributed by atoms with van der Waals surface area (Å²) in [5.41, 5.74) is 0. The van der Waals surface area contributed by atoms with E-state index in [-0.39, 0.29) is 0 Å². The van der Waals surface area contributed by atoms with Gasteiger partial charge in [0.2, 0.25) is 0 Å². The first-order valence-electron chi connectivity index (χ1n) is 5.38. The quantitative estimate of drug-likeness (QED) is 0.721. The first kappa shape index (κ1) is 10.8. The van der Waals surface area contributed by atoms with E-state index in [9.17, 15) is 0 Å². The highest BCUT2D eigenvalue weighted by atomic mass is 35.5. The summed E-state index contributed by atoms with van der Waals surface area (Å²) < 4.78 is 0. The van der Waals surface area contributed by atoms with Crippen molar-refractivity contribution in [2.75, 3.05) is 13.1 Å².